The summed E-state index contributed by atoms with van der Waals surface area (Å²) in [6, 6.07) is 4.15. The SMILES string of the molecule is COc1cc(C(=O)O)ccc1NC(=O)C/N=C/CC(C)(C)CF. The molecule has 0 aliphatic carbocycles. The number of carboxylic acids is 1. The molecule has 1 rings (SSSR count). The van der Waals surface area contributed by atoms with Gasteiger partial charge in [0.1, 0.15) is 12.3 Å². The number of halogens is 1. The number of hydrogen-bond donors (Lipinski definition) is 2. The first-order valence-corrected chi connectivity index (χ1v) is 7.04. The molecular weight excluding hydrogens is 303 g/mol. The first kappa shape index (κ1) is 18.6. The molecule has 0 saturated heterocycles. The predicted molar refractivity (Wildman–Crippen MR) is 86.3 cm³/mol. The molecule has 23 heavy (non-hydrogen) atoms. The third kappa shape index (κ3) is 6.06. The lowest BCUT2D eigenvalue weighted by Crippen LogP contribution is -2.17. The first-order chi connectivity index (χ1) is 10.8. The highest BCUT2D eigenvalue weighted by Crippen LogP contribution is 2.25. The number of carbonyl (C=O) groups is 2. The Balaban J connectivity index is 2.64. The minimum Gasteiger partial charge on any atom is -0.495 e. The van der Waals surface area contributed by atoms with Crippen LogP contribution in [0.15, 0.2) is 23.2 Å². The summed E-state index contributed by atoms with van der Waals surface area (Å²) in [4.78, 5) is 26.7. The lowest BCUT2D eigenvalue weighted by Gasteiger charge is -2.16. The quantitative estimate of drug-likeness (QED) is 0.720. The van der Waals surface area contributed by atoms with Crippen LogP contribution < -0.4 is 10.1 Å². The fourth-order valence-electron chi connectivity index (χ4n) is 1.63. The molecule has 0 aliphatic rings. The summed E-state index contributed by atoms with van der Waals surface area (Å²) < 4.78 is 17.7. The van der Waals surface area contributed by atoms with Crippen LogP contribution in [0.4, 0.5) is 10.1 Å². The average molecular weight is 324 g/mol. The van der Waals surface area contributed by atoms with Gasteiger partial charge in [-0.15, -0.1) is 0 Å². The van der Waals surface area contributed by atoms with Gasteiger partial charge in [-0.25, -0.2) is 4.79 Å². The van der Waals surface area contributed by atoms with Crippen LogP contribution in [0.3, 0.4) is 0 Å². The number of amides is 1. The van der Waals surface area contributed by atoms with Gasteiger partial charge < -0.3 is 15.2 Å². The van der Waals surface area contributed by atoms with Crippen molar-refractivity contribution < 1.29 is 23.8 Å². The zero-order chi connectivity index (χ0) is 17.5. The number of carbonyl (C=O) groups excluding carboxylic acids is 1. The zero-order valence-electron chi connectivity index (χ0n) is 13.4. The van der Waals surface area contributed by atoms with Crippen LogP contribution in [0.25, 0.3) is 0 Å². The molecular formula is C16H21FN2O4. The highest BCUT2D eigenvalue weighted by molar-refractivity contribution is 5.96. The molecule has 0 atom stereocenters. The molecule has 0 fully saturated rings. The largest absolute Gasteiger partial charge is 0.495 e. The maximum atomic E-state index is 12.6. The number of carboxylic acid groups (broad SMARTS) is 1. The van der Waals surface area contributed by atoms with Crippen LogP contribution in [0.2, 0.25) is 0 Å². The molecule has 0 spiro atoms. The molecule has 2 N–H and O–H groups in total. The summed E-state index contributed by atoms with van der Waals surface area (Å²) in [7, 11) is 1.38. The van der Waals surface area contributed by atoms with Gasteiger partial charge in [0.2, 0.25) is 5.91 Å². The van der Waals surface area contributed by atoms with Gasteiger partial charge in [0.05, 0.1) is 25.0 Å². The van der Waals surface area contributed by atoms with Crippen LogP contribution in [0.1, 0.15) is 30.6 Å². The standard InChI is InChI=1S/C16H21FN2O4/c1-16(2,10-17)6-7-18-9-14(20)19-12-5-4-11(15(21)22)8-13(12)23-3/h4-5,7-8H,6,9-10H2,1-3H3,(H,19,20)(H,21,22)/b18-7+. The minimum atomic E-state index is -1.08. The van der Waals surface area contributed by atoms with Crippen LogP contribution in [-0.2, 0) is 4.79 Å². The number of hydrogen-bond acceptors (Lipinski definition) is 4. The molecule has 1 aromatic rings. The number of aliphatic imine (C=N–C) groups is 1. The van der Waals surface area contributed by atoms with Crippen molar-refractivity contribution in [1.29, 1.82) is 0 Å². The van der Waals surface area contributed by atoms with Crippen LogP contribution >= 0.6 is 0 Å². The van der Waals surface area contributed by atoms with E-state index in [1.807, 2.05) is 0 Å². The van der Waals surface area contributed by atoms with Crippen LogP contribution in [0, 0.1) is 5.41 Å². The maximum Gasteiger partial charge on any atom is 0.335 e. The van der Waals surface area contributed by atoms with Gasteiger partial charge in [-0.2, -0.15) is 0 Å². The second kappa shape index (κ2) is 8.26. The number of ether oxygens (including phenoxy) is 1. The van der Waals surface area contributed by atoms with Gasteiger partial charge in [0, 0.05) is 0 Å². The Morgan fingerprint density at radius 2 is 2.13 bits per heavy atom. The van der Waals surface area contributed by atoms with E-state index < -0.39 is 18.1 Å². The summed E-state index contributed by atoms with van der Waals surface area (Å²) in [5.41, 5.74) is -0.0660. The van der Waals surface area contributed by atoms with E-state index in [2.05, 4.69) is 10.3 Å². The lowest BCUT2D eigenvalue weighted by atomic mass is 9.92. The third-order valence-electron chi connectivity index (χ3n) is 3.09. The predicted octanol–water partition coefficient (Wildman–Crippen LogP) is 2.79. The van der Waals surface area contributed by atoms with Crippen molar-refractivity contribution in [2.45, 2.75) is 20.3 Å². The number of alkyl halides is 1. The van der Waals surface area contributed by atoms with E-state index in [4.69, 9.17) is 9.84 Å². The van der Waals surface area contributed by atoms with E-state index in [9.17, 15) is 14.0 Å². The molecule has 126 valence electrons. The zero-order valence-corrected chi connectivity index (χ0v) is 13.4. The molecule has 1 aromatic carbocycles. The van der Waals surface area contributed by atoms with E-state index in [0.717, 1.165) is 0 Å². The number of benzene rings is 1. The monoisotopic (exact) mass is 324 g/mol. The molecule has 0 heterocycles. The van der Waals surface area contributed by atoms with Gasteiger partial charge in [-0.1, -0.05) is 13.8 Å². The molecule has 0 radical (unpaired) electrons. The Bertz CT molecular complexity index is 600. The number of nitrogens with one attached hydrogen (secondary N) is 1. The Labute approximate surface area is 134 Å². The van der Waals surface area contributed by atoms with Crippen molar-refractivity contribution in [2.24, 2.45) is 10.4 Å². The van der Waals surface area contributed by atoms with E-state index in [-0.39, 0.29) is 23.8 Å². The van der Waals surface area contributed by atoms with Gasteiger partial charge >= 0.3 is 5.97 Å². The summed E-state index contributed by atoms with van der Waals surface area (Å²) in [5, 5.41) is 11.5. The van der Waals surface area contributed by atoms with Crippen molar-refractivity contribution in [2.75, 3.05) is 25.6 Å². The highest BCUT2D eigenvalue weighted by Gasteiger charge is 2.15. The van der Waals surface area contributed by atoms with Crippen molar-refractivity contribution in [3.8, 4) is 5.75 Å². The average Bonchev–Trinajstić information content (AvgIpc) is 2.51. The summed E-state index contributed by atoms with van der Waals surface area (Å²) >= 11 is 0. The second-order valence-corrected chi connectivity index (χ2v) is 5.79. The summed E-state index contributed by atoms with van der Waals surface area (Å²) in [5.74, 6) is -1.21. The number of methoxy groups -OCH3 is 1. The Hall–Kier alpha value is -2.44. The Morgan fingerprint density at radius 3 is 2.70 bits per heavy atom. The number of anilines is 1. The van der Waals surface area contributed by atoms with E-state index in [1.54, 1.807) is 13.8 Å². The van der Waals surface area contributed by atoms with Gasteiger partial charge in [-0.05, 0) is 36.2 Å². The normalized spacial score (nSPS) is 11.5. The molecule has 7 heteroatoms. The Kier molecular flexibility index (Phi) is 6.68. The van der Waals surface area contributed by atoms with Crippen LogP contribution in [0.5, 0.6) is 5.75 Å². The Morgan fingerprint density at radius 1 is 1.43 bits per heavy atom. The number of rotatable bonds is 8. The van der Waals surface area contributed by atoms with Crippen molar-refractivity contribution in [3.05, 3.63) is 23.8 Å². The van der Waals surface area contributed by atoms with Crippen LogP contribution in [-0.4, -0.2) is 43.5 Å². The van der Waals surface area contributed by atoms with Crippen molar-refractivity contribution in [3.63, 3.8) is 0 Å². The van der Waals surface area contributed by atoms with Gasteiger partial charge in [0.15, 0.2) is 0 Å². The molecule has 0 aliphatic heterocycles. The van der Waals surface area contributed by atoms with Gasteiger partial charge in [-0.3, -0.25) is 14.2 Å². The van der Waals surface area contributed by atoms with E-state index in [0.29, 0.717) is 12.1 Å². The number of nitrogens with zero attached hydrogens (tertiary/aromatic N) is 1. The molecule has 0 bridgehead atoms. The molecule has 1 amide bonds. The second-order valence-electron chi connectivity index (χ2n) is 5.79. The van der Waals surface area contributed by atoms with E-state index >= 15 is 0 Å². The highest BCUT2D eigenvalue weighted by atomic mass is 19.1. The van der Waals surface area contributed by atoms with Crippen molar-refractivity contribution >= 4 is 23.8 Å². The third-order valence-corrected chi connectivity index (χ3v) is 3.09. The fourth-order valence-corrected chi connectivity index (χ4v) is 1.63. The molecule has 0 unspecified atom stereocenters. The first-order valence-electron chi connectivity index (χ1n) is 7.04. The summed E-state index contributed by atoms with van der Waals surface area (Å²) in [6.07, 6.45) is 1.97. The van der Waals surface area contributed by atoms with E-state index in [1.165, 1.54) is 31.5 Å². The smallest absolute Gasteiger partial charge is 0.335 e. The van der Waals surface area contributed by atoms with Crippen molar-refractivity contribution in [1.82, 2.24) is 0 Å². The molecule has 6 nitrogen and oxygen atoms in total. The molecule has 0 aromatic heterocycles. The fraction of sp³-hybridized carbons (Fsp3) is 0.438. The number of aromatic carboxylic acids is 1. The van der Waals surface area contributed by atoms with Gasteiger partial charge in [0.25, 0.3) is 0 Å². The maximum absolute atomic E-state index is 12.6. The topological polar surface area (TPSA) is 88.0 Å². The lowest BCUT2D eigenvalue weighted by molar-refractivity contribution is -0.114. The molecule has 0 saturated carbocycles. The minimum absolute atomic E-state index is 0.0614. The summed E-state index contributed by atoms with van der Waals surface area (Å²) in [6.45, 7) is 2.98.